The Kier molecular flexibility index (Phi) is 3.66. The van der Waals surface area contributed by atoms with E-state index in [1.165, 1.54) is 51.1 Å². The SMILES string of the molecule is Cn1c(CN2CC(N3CCCCC3)C2)cc2cc(F)ccc21. The molecule has 2 fully saturated rings. The minimum atomic E-state index is -0.154. The second kappa shape index (κ2) is 5.67. The fraction of sp³-hybridized carbons (Fsp3) is 0.556. The Morgan fingerprint density at radius 2 is 1.86 bits per heavy atom. The first kappa shape index (κ1) is 14.2. The number of hydrogen-bond acceptors (Lipinski definition) is 2. The highest BCUT2D eigenvalue weighted by Gasteiger charge is 2.32. The first-order chi connectivity index (χ1) is 10.7. The van der Waals surface area contributed by atoms with Crippen molar-refractivity contribution in [1.29, 1.82) is 0 Å². The van der Waals surface area contributed by atoms with Gasteiger partial charge in [0.05, 0.1) is 0 Å². The Morgan fingerprint density at radius 1 is 1.09 bits per heavy atom. The first-order valence-electron chi connectivity index (χ1n) is 8.41. The highest BCUT2D eigenvalue weighted by atomic mass is 19.1. The summed E-state index contributed by atoms with van der Waals surface area (Å²) in [6, 6.07) is 7.94. The number of halogens is 1. The van der Waals surface area contributed by atoms with Crippen LogP contribution >= 0.6 is 0 Å². The first-order valence-corrected chi connectivity index (χ1v) is 8.41. The van der Waals surface area contributed by atoms with Crippen LogP contribution in [0.3, 0.4) is 0 Å². The molecule has 1 aromatic heterocycles. The topological polar surface area (TPSA) is 11.4 Å². The van der Waals surface area contributed by atoms with E-state index in [0.717, 1.165) is 23.5 Å². The van der Waals surface area contributed by atoms with Gasteiger partial charge in [-0.3, -0.25) is 9.80 Å². The summed E-state index contributed by atoms with van der Waals surface area (Å²) in [5, 5.41) is 1.01. The molecule has 2 aromatic rings. The molecule has 2 aliphatic heterocycles. The van der Waals surface area contributed by atoms with Crippen molar-refractivity contribution < 1.29 is 4.39 Å². The summed E-state index contributed by atoms with van der Waals surface area (Å²) in [7, 11) is 2.08. The molecule has 0 saturated carbocycles. The summed E-state index contributed by atoms with van der Waals surface area (Å²) in [6.07, 6.45) is 4.13. The van der Waals surface area contributed by atoms with Gasteiger partial charge in [-0.05, 0) is 50.2 Å². The number of hydrogen-bond donors (Lipinski definition) is 0. The van der Waals surface area contributed by atoms with Gasteiger partial charge in [0, 0.05) is 49.3 Å². The number of fused-ring (bicyclic) bond motifs is 1. The number of aryl methyl sites for hydroxylation is 1. The molecule has 0 radical (unpaired) electrons. The molecule has 0 aliphatic carbocycles. The lowest BCUT2D eigenvalue weighted by Gasteiger charge is -2.46. The third-order valence-corrected chi connectivity index (χ3v) is 5.33. The van der Waals surface area contributed by atoms with Crippen LogP contribution in [0.5, 0.6) is 0 Å². The van der Waals surface area contributed by atoms with Crippen molar-refractivity contribution in [2.45, 2.75) is 31.8 Å². The maximum absolute atomic E-state index is 13.3. The third-order valence-electron chi connectivity index (χ3n) is 5.33. The molecule has 4 rings (SSSR count). The predicted molar refractivity (Wildman–Crippen MR) is 87.4 cm³/mol. The average molecular weight is 301 g/mol. The van der Waals surface area contributed by atoms with Crippen molar-refractivity contribution in [2.24, 2.45) is 7.05 Å². The van der Waals surface area contributed by atoms with Gasteiger partial charge in [0.2, 0.25) is 0 Å². The van der Waals surface area contributed by atoms with Gasteiger partial charge in [-0.2, -0.15) is 0 Å². The second-order valence-electron chi connectivity index (χ2n) is 6.84. The summed E-state index contributed by atoms with van der Waals surface area (Å²) in [4.78, 5) is 5.17. The highest BCUT2D eigenvalue weighted by molar-refractivity contribution is 5.81. The van der Waals surface area contributed by atoms with E-state index < -0.39 is 0 Å². The van der Waals surface area contributed by atoms with Crippen LogP contribution in [0, 0.1) is 5.82 Å². The van der Waals surface area contributed by atoms with Gasteiger partial charge < -0.3 is 4.57 Å². The van der Waals surface area contributed by atoms with Gasteiger partial charge in [0.15, 0.2) is 0 Å². The lowest BCUT2D eigenvalue weighted by atomic mass is 10.0. The second-order valence-corrected chi connectivity index (χ2v) is 6.84. The molecule has 0 spiro atoms. The molecule has 22 heavy (non-hydrogen) atoms. The highest BCUT2D eigenvalue weighted by Crippen LogP contribution is 2.25. The fourth-order valence-electron chi connectivity index (χ4n) is 3.94. The summed E-state index contributed by atoms with van der Waals surface area (Å²) in [5.74, 6) is -0.154. The maximum atomic E-state index is 13.3. The molecule has 118 valence electrons. The number of likely N-dealkylation sites (tertiary alicyclic amines) is 2. The van der Waals surface area contributed by atoms with Crippen LogP contribution in [0.25, 0.3) is 10.9 Å². The van der Waals surface area contributed by atoms with Crippen molar-refractivity contribution in [1.82, 2.24) is 14.4 Å². The van der Waals surface area contributed by atoms with Crippen molar-refractivity contribution in [3.8, 4) is 0 Å². The molecule has 1 aromatic carbocycles. The van der Waals surface area contributed by atoms with Crippen molar-refractivity contribution in [3.63, 3.8) is 0 Å². The summed E-state index contributed by atoms with van der Waals surface area (Å²) < 4.78 is 15.5. The van der Waals surface area contributed by atoms with Gasteiger partial charge >= 0.3 is 0 Å². The fourth-order valence-corrected chi connectivity index (χ4v) is 3.94. The number of nitrogens with zero attached hydrogens (tertiary/aromatic N) is 3. The zero-order chi connectivity index (χ0) is 15.1. The predicted octanol–water partition coefficient (Wildman–Crippen LogP) is 2.99. The van der Waals surface area contributed by atoms with Crippen LogP contribution < -0.4 is 0 Å². The van der Waals surface area contributed by atoms with E-state index in [1.54, 1.807) is 12.1 Å². The molecule has 0 bridgehead atoms. The molecular weight excluding hydrogens is 277 g/mol. The normalized spacial score (nSPS) is 21.4. The number of rotatable bonds is 3. The quantitative estimate of drug-likeness (QED) is 0.863. The van der Waals surface area contributed by atoms with E-state index in [4.69, 9.17) is 0 Å². The lowest BCUT2D eigenvalue weighted by Crippen LogP contribution is -2.59. The van der Waals surface area contributed by atoms with E-state index in [2.05, 4.69) is 27.5 Å². The zero-order valence-electron chi connectivity index (χ0n) is 13.3. The van der Waals surface area contributed by atoms with Crippen LogP contribution in [-0.4, -0.2) is 46.6 Å². The van der Waals surface area contributed by atoms with E-state index in [9.17, 15) is 4.39 Å². The van der Waals surface area contributed by atoms with Crippen LogP contribution in [-0.2, 0) is 13.6 Å². The largest absolute Gasteiger partial charge is 0.346 e. The monoisotopic (exact) mass is 301 g/mol. The van der Waals surface area contributed by atoms with E-state index in [-0.39, 0.29) is 5.82 Å². The molecule has 0 atom stereocenters. The smallest absolute Gasteiger partial charge is 0.123 e. The van der Waals surface area contributed by atoms with E-state index >= 15 is 0 Å². The molecule has 0 N–H and O–H groups in total. The van der Waals surface area contributed by atoms with Gasteiger partial charge in [-0.1, -0.05) is 6.42 Å². The Balaban J connectivity index is 1.41. The van der Waals surface area contributed by atoms with Crippen molar-refractivity contribution in [2.75, 3.05) is 26.2 Å². The zero-order valence-corrected chi connectivity index (χ0v) is 13.3. The Labute approximate surface area is 131 Å². The van der Waals surface area contributed by atoms with Gasteiger partial charge in [-0.15, -0.1) is 0 Å². The van der Waals surface area contributed by atoms with Crippen LogP contribution in [0.15, 0.2) is 24.3 Å². The van der Waals surface area contributed by atoms with Crippen molar-refractivity contribution in [3.05, 3.63) is 35.8 Å². The molecule has 0 unspecified atom stereocenters. The summed E-state index contributed by atoms with van der Waals surface area (Å²) in [5.41, 5.74) is 2.39. The molecule has 2 aliphatic rings. The number of aromatic nitrogens is 1. The average Bonchev–Trinajstić information content (AvgIpc) is 2.79. The minimum absolute atomic E-state index is 0.154. The number of piperidine rings is 1. The Morgan fingerprint density at radius 3 is 2.64 bits per heavy atom. The van der Waals surface area contributed by atoms with Gasteiger partial charge in [0.1, 0.15) is 5.82 Å². The van der Waals surface area contributed by atoms with Gasteiger partial charge in [-0.25, -0.2) is 4.39 Å². The van der Waals surface area contributed by atoms with Crippen LogP contribution in [0.2, 0.25) is 0 Å². The Bertz CT molecular complexity index is 666. The maximum Gasteiger partial charge on any atom is 0.123 e. The molecule has 3 heterocycles. The van der Waals surface area contributed by atoms with E-state index in [1.807, 2.05) is 6.07 Å². The van der Waals surface area contributed by atoms with Gasteiger partial charge in [0.25, 0.3) is 0 Å². The molecular formula is C18H24FN3. The standard InChI is InChI=1S/C18H24FN3/c1-20-16(10-14-9-15(19)5-6-18(14)20)11-21-12-17(13-21)22-7-3-2-4-8-22/h5-6,9-10,17H,2-4,7-8,11-13H2,1H3. The van der Waals surface area contributed by atoms with Crippen molar-refractivity contribution >= 4 is 10.9 Å². The molecule has 0 amide bonds. The van der Waals surface area contributed by atoms with Crippen LogP contribution in [0.1, 0.15) is 25.0 Å². The molecule has 2 saturated heterocycles. The van der Waals surface area contributed by atoms with E-state index in [0.29, 0.717) is 0 Å². The third kappa shape index (κ3) is 2.55. The summed E-state index contributed by atoms with van der Waals surface area (Å²) in [6.45, 7) is 5.89. The summed E-state index contributed by atoms with van der Waals surface area (Å²) >= 11 is 0. The Hall–Kier alpha value is -1.39. The lowest BCUT2D eigenvalue weighted by molar-refractivity contribution is 0.0175. The molecule has 3 nitrogen and oxygen atoms in total. The minimum Gasteiger partial charge on any atom is -0.346 e. The number of benzene rings is 1. The molecule has 4 heteroatoms. The van der Waals surface area contributed by atoms with Crippen LogP contribution in [0.4, 0.5) is 4.39 Å².